The second-order valence-electron chi connectivity index (χ2n) is 6.88. The fourth-order valence-corrected chi connectivity index (χ4v) is 5.25. The molecule has 1 aliphatic rings. The van der Waals surface area contributed by atoms with E-state index in [1.165, 1.54) is 53.9 Å². The maximum Gasteiger partial charge on any atom is 0.255 e. The molecule has 11 heteroatoms. The number of methoxy groups -OCH3 is 1. The molecule has 0 saturated carbocycles. The van der Waals surface area contributed by atoms with E-state index in [0.717, 1.165) is 19.1 Å². The molecular formula is C19H23N3O6S2. The number of ether oxygens (including phenoxy) is 1. The smallest absolute Gasteiger partial charge is 0.255 e. The van der Waals surface area contributed by atoms with Crippen LogP contribution < -0.4 is 14.8 Å². The van der Waals surface area contributed by atoms with Crippen molar-refractivity contribution in [2.24, 2.45) is 0 Å². The Morgan fingerprint density at radius 3 is 2.37 bits per heavy atom. The monoisotopic (exact) mass is 453 g/mol. The highest BCUT2D eigenvalue weighted by molar-refractivity contribution is 7.92. The molecule has 0 radical (unpaired) electrons. The lowest BCUT2D eigenvalue weighted by Crippen LogP contribution is -2.28. The van der Waals surface area contributed by atoms with Crippen LogP contribution in [-0.4, -0.2) is 53.5 Å². The molecule has 9 nitrogen and oxygen atoms in total. The number of carbonyl (C=O) groups is 1. The third kappa shape index (κ3) is 5.10. The third-order valence-corrected chi connectivity index (χ3v) is 7.05. The molecule has 1 amide bonds. The largest absolute Gasteiger partial charge is 0.495 e. The first-order chi connectivity index (χ1) is 14.1. The number of hydrogen-bond donors (Lipinski definition) is 2. The van der Waals surface area contributed by atoms with Gasteiger partial charge in [0.1, 0.15) is 5.75 Å². The average Bonchev–Trinajstić information content (AvgIpc) is 3.22. The fourth-order valence-electron chi connectivity index (χ4n) is 3.16. The van der Waals surface area contributed by atoms with E-state index in [2.05, 4.69) is 10.0 Å². The Labute approximate surface area is 176 Å². The molecule has 162 valence electrons. The van der Waals surface area contributed by atoms with Gasteiger partial charge in [-0.25, -0.2) is 16.8 Å². The highest BCUT2D eigenvalue weighted by Crippen LogP contribution is 2.30. The van der Waals surface area contributed by atoms with Crippen LogP contribution in [0.3, 0.4) is 0 Å². The van der Waals surface area contributed by atoms with Crippen LogP contribution in [0.1, 0.15) is 23.2 Å². The summed E-state index contributed by atoms with van der Waals surface area (Å²) in [6.07, 6.45) is 2.64. The van der Waals surface area contributed by atoms with Crippen LogP contribution in [0.25, 0.3) is 0 Å². The lowest BCUT2D eigenvalue weighted by atomic mass is 10.2. The lowest BCUT2D eigenvalue weighted by Gasteiger charge is -2.17. The van der Waals surface area contributed by atoms with Crippen molar-refractivity contribution < 1.29 is 26.4 Å². The summed E-state index contributed by atoms with van der Waals surface area (Å²) in [4.78, 5) is 12.8. The Morgan fingerprint density at radius 2 is 1.73 bits per heavy atom. The molecule has 30 heavy (non-hydrogen) atoms. The number of sulfonamides is 2. The van der Waals surface area contributed by atoms with E-state index < -0.39 is 26.0 Å². The first kappa shape index (κ1) is 22.1. The quantitative estimate of drug-likeness (QED) is 0.662. The van der Waals surface area contributed by atoms with Gasteiger partial charge in [-0.2, -0.15) is 4.31 Å². The summed E-state index contributed by atoms with van der Waals surface area (Å²) in [6.45, 7) is 0.937. The van der Waals surface area contributed by atoms with Gasteiger partial charge in [0.2, 0.25) is 20.0 Å². The zero-order valence-electron chi connectivity index (χ0n) is 16.6. The third-order valence-electron chi connectivity index (χ3n) is 4.55. The second-order valence-corrected chi connectivity index (χ2v) is 10.6. The molecule has 2 N–H and O–H groups in total. The summed E-state index contributed by atoms with van der Waals surface area (Å²) in [6, 6.07) is 10.2. The van der Waals surface area contributed by atoms with Crippen molar-refractivity contribution in [1.29, 1.82) is 0 Å². The average molecular weight is 454 g/mol. The van der Waals surface area contributed by atoms with Crippen molar-refractivity contribution >= 4 is 37.3 Å². The van der Waals surface area contributed by atoms with Crippen molar-refractivity contribution in [3.63, 3.8) is 0 Å². The van der Waals surface area contributed by atoms with Crippen LogP contribution >= 0.6 is 0 Å². The van der Waals surface area contributed by atoms with Gasteiger partial charge in [-0.1, -0.05) is 6.07 Å². The standard InChI is InChI=1S/C19H23N3O6S2/c1-28-18-9-8-16(30(26,27)22-10-3-4-11-22)13-17(18)20-19(23)14-6-5-7-15(12-14)21-29(2,24)25/h5-9,12-13,21H,3-4,10-11H2,1-2H3,(H,20,23). The normalized spacial score (nSPS) is 15.0. The Balaban J connectivity index is 1.88. The Hall–Kier alpha value is -2.63. The van der Waals surface area contributed by atoms with Gasteiger partial charge in [-0.05, 0) is 49.2 Å². The summed E-state index contributed by atoms with van der Waals surface area (Å²) in [7, 11) is -5.74. The van der Waals surface area contributed by atoms with Gasteiger partial charge in [-0.15, -0.1) is 0 Å². The molecule has 0 atom stereocenters. The van der Waals surface area contributed by atoms with E-state index in [4.69, 9.17) is 4.74 Å². The van der Waals surface area contributed by atoms with Crippen molar-refractivity contribution in [1.82, 2.24) is 4.31 Å². The number of benzene rings is 2. The van der Waals surface area contributed by atoms with Gasteiger partial charge in [0, 0.05) is 24.3 Å². The molecule has 2 aromatic rings. The first-order valence-corrected chi connectivity index (χ1v) is 12.5. The molecule has 1 heterocycles. The van der Waals surface area contributed by atoms with Gasteiger partial charge in [0.05, 0.1) is 23.9 Å². The maximum absolute atomic E-state index is 12.8. The van der Waals surface area contributed by atoms with Gasteiger partial charge < -0.3 is 10.1 Å². The zero-order chi connectivity index (χ0) is 21.9. The minimum Gasteiger partial charge on any atom is -0.495 e. The number of amides is 1. The number of rotatable bonds is 7. The van der Waals surface area contributed by atoms with Crippen LogP contribution in [0.4, 0.5) is 11.4 Å². The predicted octanol–water partition coefficient (Wildman–Crippen LogP) is 2.10. The summed E-state index contributed by atoms with van der Waals surface area (Å²) < 4.78 is 57.4. The van der Waals surface area contributed by atoms with Crippen LogP contribution in [0.15, 0.2) is 47.4 Å². The van der Waals surface area contributed by atoms with E-state index in [-0.39, 0.29) is 21.8 Å². The maximum atomic E-state index is 12.8. The molecule has 3 rings (SSSR count). The number of carbonyl (C=O) groups excluding carboxylic acids is 1. The molecule has 0 spiro atoms. The van der Waals surface area contributed by atoms with Crippen molar-refractivity contribution in [3.05, 3.63) is 48.0 Å². The number of nitrogens with zero attached hydrogens (tertiary/aromatic N) is 1. The summed E-state index contributed by atoms with van der Waals surface area (Å²) >= 11 is 0. The highest BCUT2D eigenvalue weighted by Gasteiger charge is 2.28. The number of anilines is 2. The molecule has 2 aromatic carbocycles. The zero-order valence-corrected chi connectivity index (χ0v) is 18.2. The molecule has 0 unspecified atom stereocenters. The van der Waals surface area contributed by atoms with Gasteiger partial charge in [0.25, 0.3) is 5.91 Å². The van der Waals surface area contributed by atoms with Crippen LogP contribution in [-0.2, 0) is 20.0 Å². The first-order valence-electron chi connectivity index (χ1n) is 9.17. The molecule has 1 fully saturated rings. The molecule has 1 aliphatic heterocycles. The summed E-state index contributed by atoms with van der Waals surface area (Å²) in [5.74, 6) is -0.240. The van der Waals surface area contributed by atoms with E-state index in [0.29, 0.717) is 18.8 Å². The summed E-state index contributed by atoms with van der Waals surface area (Å²) in [5, 5.41) is 2.65. The Morgan fingerprint density at radius 1 is 1.03 bits per heavy atom. The van der Waals surface area contributed by atoms with Crippen LogP contribution in [0.2, 0.25) is 0 Å². The van der Waals surface area contributed by atoms with Crippen LogP contribution in [0, 0.1) is 0 Å². The predicted molar refractivity (Wildman–Crippen MR) is 114 cm³/mol. The molecule has 1 saturated heterocycles. The van der Waals surface area contributed by atoms with E-state index in [1.54, 1.807) is 0 Å². The van der Waals surface area contributed by atoms with E-state index >= 15 is 0 Å². The topological polar surface area (TPSA) is 122 Å². The lowest BCUT2D eigenvalue weighted by molar-refractivity contribution is 0.102. The number of nitrogens with one attached hydrogen (secondary N) is 2. The van der Waals surface area contributed by atoms with E-state index in [1.807, 2.05) is 0 Å². The minimum atomic E-state index is -3.66. The van der Waals surface area contributed by atoms with Crippen molar-refractivity contribution in [3.8, 4) is 5.75 Å². The van der Waals surface area contributed by atoms with Gasteiger partial charge in [0.15, 0.2) is 0 Å². The van der Waals surface area contributed by atoms with Gasteiger partial charge >= 0.3 is 0 Å². The fraction of sp³-hybridized carbons (Fsp3) is 0.316. The molecular weight excluding hydrogens is 430 g/mol. The Kier molecular flexibility index (Phi) is 6.34. The SMILES string of the molecule is COc1ccc(S(=O)(=O)N2CCCC2)cc1NC(=O)c1cccc(NS(C)(=O)=O)c1. The van der Waals surface area contributed by atoms with Crippen LogP contribution in [0.5, 0.6) is 5.75 Å². The van der Waals surface area contributed by atoms with Crippen molar-refractivity contribution in [2.45, 2.75) is 17.7 Å². The Bertz CT molecular complexity index is 1160. The molecule has 0 aliphatic carbocycles. The van der Waals surface area contributed by atoms with Crippen molar-refractivity contribution in [2.75, 3.05) is 36.5 Å². The number of hydrogen-bond acceptors (Lipinski definition) is 6. The molecule has 0 aromatic heterocycles. The highest BCUT2D eigenvalue weighted by atomic mass is 32.2. The van der Waals surface area contributed by atoms with Gasteiger partial charge in [-0.3, -0.25) is 9.52 Å². The second kappa shape index (κ2) is 8.62. The summed E-state index contributed by atoms with van der Waals surface area (Å²) in [5.41, 5.74) is 0.630. The minimum absolute atomic E-state index is 0.0630. The van der Waals surface area contributed by atoms with E-state index in [9.17, 15) is 21.6 Å². The molecule has 0 bridgehead atoms.